The Morgan fingerprint density at radius 2 is 2.06 bits per heavy atom. The molecular formula is C21H20Cl2FN7O. The van der Waals surface area contributed by atoms with Gasteiger partial charge in [0, 0.05) is 42.5 Å². The Morgan fingerprint density at radius 1 is 1.25 bits per heavy atom. The van der Waals surface area contributed by atoms with E-state index < -0.39 is 6.80 Å². The average Bonchev–Trinajstić information content (AvgIpc) is 3.52. The summed E-state index contributed by atoms with van der Waals surface area (Å²) in [6, 6.07) is 4.08. The number of hydrogen-bond acceptors (Lipinski definition) is 5. The molecule has 5 heterocycles. The summed E-state index contributed by atoms with van der Waals surface area (Å²) in [5.41, 5.74) is 8.29. The van der Waals surface area contributed by atoms with Gasteiger partial charge in [-0.3, -0.25) is 9.36 Å². The van der Waals surface area contributed by atoms with Gasteiger partial charge in [-0.2, -0.15) is 10.1 Å². The number of halogens is 3. The van der Waals surface area contributed by atoms with Crippen LogP contribution in [0.15, 0.2) is 23.1 Å². The molecule has 4 aromatic rings. The molecular weight excluding hydrogens is 456 g/mol. The summed E-state index contributed by atoms with van der Waals surface area (Å²) < 4.78 is 15.8. The van der Waals surface area contributed by atoms with E-state index in [1.807, 2.05) is 0 Å². The topological polar surface area (TPSA) is 97.8 Å². The average molecular weight is 476 g/mol. The summed E-state index contributed by atoms with van der Waals surface area (Å²) in [5, 5.41) is 5.41. The zero-order valence-corrected chi connectivity index (χ0v) is 18.7. The summed E-state index contributed by atoms with van der Waals surface area (Å²) in [5.74, 6) is 0.630. The lowest BCUT2D eigenvalue weighted by Gasteiger charge is -2.25. The monoisotopic (exact) mass is 475 g/mol. The third-order valence-corrected chi connectivity index (χ3v) is 7.67. The van der Waals surface area contributed by atoms with Gasteiger partial charge in [0.15, 0.2) is 6.80 Å². The summed E-state index contributed by atoms with van der Waals surface area (Å²) in [7, 11) is 1.73. The number of aromatic nitrogens is 5. The van der Waals surface area contributed by atoms with Crippen LogP contribution in [-0.4, -0.2) is 42.4 Å². The number of nitrogens with zero attached hydrogens (tertiary/aromatic N) is 5. The van der Waals surface area contributed by atoms with Crippen LogP contribution in [0.3, 0.4) is 0 Å². The van der Waals surface area contributed by atoms with Crippen LogP contribution >= 0.6 is 23.2 Å². The molecule has 3 N–H and O–H groups in total. The molecule has 0 radical (unpaired) electrons. The van der Waals surface area contributed by atoms with Gasteiger partial charge in [-0.15, -0.1) is 0 Å². The van der Waals surface area contributed by atoms with Crippen molar-refractivity contribution in [2.75, 3.05) is 4.90 Å². The predicted molar refractivity (Wildman–Crippen MR) is 123 cm³/mol. The third kappa shape index (κ3) is 2.55. The zero-order valence-electron chi connectivity index (χ0n) is 17.1. The number of anilines is 1. The lowest BCUT2D eigenvalue weighted by atomic mass is 9.97. The second kappa shape index (κ2) is 6.94. The van der Waals surface area contributed by atoms with Crippen molar-refractivity contribution in [3.8, 4) is 11.1 Å². The Labute approximate surface area is 191 Å². The number of aromatic amines is 1. The molecule has 3 aromatic heterocycles. The van der Waals surface area contributed by atoms with E-state index in [-0.39, 0.29) is 22.8 Å². The maximum atomic E-state index is 13.5. The van der Waals surface area contributed by atoms with Crippen LogP contribution in [0.25, 0.3) is 33.1 Å². The Balaban J connectivity index is 1.54. The number of hydrogen-bond donors (Lipinski definition) is 2. The number of nitrogens with one attached hydrogen (secondary N) is 1. The maximum Gasteiger partial charge on any atom is 0.264 e. The minimum absolute atomic E-state index is 0.0982. The van der Waals surface area contributed by atoms with Crippen LogP contribution in [0, 0.1) is 0 Å². The van der Waals surface area contributed by atoms with Crippen molar-refractivity contribution < 1.29 is 4.39 Å². The highest BCUT2D eigenvalue weighted by Crippen LogP contribution is 2.41. The molecule has 0 spiro atoms. The quantitative estimate of drug-likeness (QED) is 0.471. The van der Waals surface area contributed by atoms with Gasteiger partial charge < -0.3 is 15.6 Å². The van der Waals surface area contributed by atoms with Crippen molar-refractivity contribution in [1.82, 2.24) is 24.3 Å². The molecule has 166 valence electrons. The second-order valence-corrected chi connectivity index (χ2v) is 9.27. The zero-order chi connectivity index (χ0) is 22.3. The molecule has 1 aromatic carbocycles. The molecule has 2 aliphatic heterocycles. The van der Waals surface area contributed by atoms with E-state index in [1.165, 1.54) is 0 Å². The van der Waals surface area contributed by atoms with E-state index in [0.29, 0.717) is 50.1 Å². The fraction of sp³-hybridized carbons (Fsp3) is 0.381. The summed E-state index contributed by atoms with van der Waals surface area (Å²) >= 11 is 13.0. The number of benzene rings is 1. The molecule has 2 fully saturated rings. The first-order valence-electron chi connectivity index (χ1n) is 10.4. The number of H-pyrrole nitrogens is 1. The molecule has 0 saturated carbocycles. The van der Waals surface area contributed by atoms with Crippen molar-refractivity contribution in [3.63, 3.8) is 0 Å². The number of rotatable bonds is 3. The molecule has 11 heteroatoms. The van der Waals surface area contributed by atoms with Gasteiger partial charge in [-0.1, -0.05) is 29.3 Å². The molecule has 32 heavy (non-hydrogen) atoms. The van der Waals surface area contributed by atoms with E-state index >= 15 is 0 Å². The van der Waals surface area contributed by atoms with Gasteiger partial charge in [-0.25, -0.2) is 9.07 Å². The molecule has 0 aliphatic carbocycles. The van der Waals surface area contributed by atoms with Crippen LogP contribution in [-0.2, 0) is 13.8 Å². The first kappa shape index (κ1) is 20.0. The Kier molecular flexibility index (Phi) is 4.34. The SMILES string of the molecule is Cn1c(N2C3CC[C@H]2C[C@H]3N)nc2[nH]cc(-c3ccc4nn(CF)c(Cl)c4c3Cl)c2c1=O. The lowest BCUT2D eigenvalue weighted by Crippen LogP contribution is -2.40. The summed E-state index contributed by atoms with van der Waals surface area (Å²) in [4.78, 5) is 23.6. The number of alkyl halides is 1. The molecule has 0 amide bonds. The van der Waals surface area contributed by atoms with E-state index in [4.69, 9.17) is 33.9 Å². The summed E-state index contributed by atoms with van der Waals surface area (Å²) in [6.45, 7) is -0.859. The smallest absolute Gasteiger partial charge is 0.264 e. The first-order valence-corrected chi connectivity index (χ1v) is 11.2. The van der Waals surface area contributed by atoms with Crippen molar-refractivity contribution >= 4 is 51.1 Å². The van der Waals surface area contributed by atoms with Gasteiger partial charge >= 0.3 is 0 Å². The molecule has 2 bridgehead atoms. The van der Waals surface area contributed by atoms with E-state index in [0.717, 1.165) is 23.9 Å². The van der Waals surface area contributed by atoms with Crippen molar-refractivity contribution in [2.24, 2.45) is 12.8 Å². The van der Waals surface area contributed by atoms with Crippen molar-refractivity contribution in [3.05, 3.63) is 38.9 Å². The fourth-order valence-corrected chi connectivity index (χ4v) is 6.05. The van der Waals surface area contributed by atoms with Gasteiger partial charge in [0.05, 0.1) is 21.3 Å². The maximum absolute atomic E-state index is 13.5. The lowest BCUT2D eigenvalue weighted by molar-refractivity contribution is 0.352. The Hall–Kier alpha value is -2.62. The number of fused-ring (bicyclic) bond motifs is 4. The van der Waals surface area contributed by atoms with E-state index in [2.05, 4.69) is 15.0 Å². The summed E-state index contributed by atoms with van der Waals surface area (Å²) in [6.07, 6.45) is 4.70. The molecule has 2 aliphatic rings. The normalized spacial score (nSPS) is 22.7. The number of nitrogens with two attached hydrogens (primary N) is 1. The highest BCUT2D eigenvalue weighted by atomic mass is 35.5. The standard InChI is InChI=1S/C21H20Cl2FN7O/c1-29-20(32)15-11(10-3-4-13-16(17(10)22)18(23)30(8-24)28-13)7-26-19(15)27-21(29)31-9-2-5-14(31)12(25)6-9/h3-4,7,9,12,14,26H,2,5-6,8,25H2,1H3/t9-,12+,14?/m0/s1. The minimum atomic E-state index is -0.859. The molecule has 3 atom stereocenters. The Morgan fingerprint density at radius 3 is 2.75 bits per heavy atom. The van der Waals surface area contributed by atoms with E-state index in [1.54, 1.807) is 29.9 Å². The van der Waals surface area contributed by atoms with Crippen LogP contribution < -0.4 is 16.2 Å². The van der Waals surface area contributed by atoms with Gasteiger partial charge in [0.1, 0.15) is 10.8 Å². The predicted octanol–water partition coefficient (Wildman–Crippen LogP) is 3.58. The molecule has 1 unspecified atom stereocenters. The molecule has 2 saturated heterocycles. The van der Waals surface area contributed by atoms with Crippen molar-refractivity contribution in [2.45, 2.75) is 44.2 Å². The van der Waals surface area contributed by atoms with Gasteiger partial charge in [0.2, 0.25) is 5.95 Å². The highest BCUT2D eigenvalue weighted by Gasteiger charge is 2.46. The van der Waals surface area contributed by atoms with Crippen LogP contribution in [0.5, 0.6) is 0 Å². The largest absolute Gasteiger partial charge is 0.345 e. The van der Waals surface area contributed by atoms with Gasteiger partial charge in [-0.05, 0) is 25.3 Å². The molecule has 8 nitrogen and oxygen atoms in total. The first-order chi connectivity index (χ1) is 15.4. The third-order valence-electron chi connectivity index (χ3n) is 6.89. The van der Waals surface area contributed by atoms with Crippen LogP contribution in [0.2, 0.25) is 10.2 Å². The molecule has 6 rings (SSSR count). The van der Waals surface area contributed by atoms with Crippen LogP contribution in [0.1, 0.15) is 19.3 Å². The Bertz CT molecular complexity index is 1460. The highest BCUT2D eigenvalue weighted by molar-refractivity contribution is 6.43. The second-order valence-electron chi connectivity index (χ2n) is 8.54. The fourth-order valence-electron chi connectivity index (χ4n) is 5.38. The van der Waals surface area contributed by atoms with E-state index in [9.17, 15) is 9.18 Å². The van der Waals surface area contributed by atoms with Gasteiger partial charge in [0.25, 0.3) is 5.56 Å². The minimum Gasteiger partial charge on any atom is -0.345 e. The van der Waals surface area contributed by atoms with Crippen molar-refractivity contribution in [1.29, 1.82) is 0 Å². The van der Waals surface area contributed by atoms with Crippen LogP contribution in [0.4, 0.5) is 10.3 Å².